The molecule has 0 spiro atoms. The zero-order valence-corrected chi connectivity index (χ0v) is 10.8. The van der Waals surface area contributed by atoms with Crippen molar-refractivity contribution in [1.82, 2.24) is 4.90 Å². The Morgan fingerprint density at radius 2 is 1.94 bits per heavy atom. The van der Waals surface area contributed by atoms with Gasteiger partial charge in [-0.25, -0.2) is 0 Å². The van der Waals surface area contributed by atoms with Crippen LogP contribution >= 0.6 is 0 Å². The van der Waals surface area contributed by atoms with E-state index in [2.05, 4.69) is 24.0 Å². The van der Waals surface area contributed by atoms with Crippen molar-refractivity contribution >= 4 is 0 Å². The molecule has 3 nitrogen and oxygen atoms in total. The average molecular weight is 234 g/mol. The Balaban J connectivity index is 1.75. The van der Waals surface area contributed by atoms with Crippen LogP contribution in [0.1, 0.15) is 18.9 Å². The predicted molar refractivity (Wildman–Crippen MR) is 70.3 cm³/mol. The van der Waals surface area contributed by atoms with Gasteiger partial charge >= 0.3 is 0 Å². The quantitative estimate of drug-likeness (QED) is 0.842. The normalized spacial score (nSPS) is 18.8. The summed E-state index contributed by atoms with van der Waals surface area (Å²) in [5, 5.41) is 0. The number of methoxy groups -OCH3 is 1. The van der Waals surface area contributed by atoms with Crippen molar-refractivity contribution in [3.05, 3.63) is 29.8 Å². The molecule has 2 rings (SSSR count). The van der Waals surface area contributed by atoms with E-state index in [0.717, 1.165) is 38.2 Å². The molecule has 1 aliphatic rings. The summed E-state index contributed by atoms with van der Waals surface area (Å²) in [5.74, 6) is 0.921. The summed E-state index contributed by atoms with van der Waals surface area (Å²) in [6.07, 6.45) is 2.16. The van der Waals surface area contributed by atoms with Crippen molar-refractivity contribution in [3.63, 3.8) is 0 Å². The van der Waals surface area contributed by atoms with Gasteiger partial charge in [-0.05, 0) is 30.5 Å². The largest absolute Gasteiger partial charge is 0.497 e. The van der Waals surface area contributed by atoms with Crippen LogP contribution in [-0.4, -0.2) is 37.2 Å². The van der Waals surface area contributed by atoms with Crippen LogP contribution in [0.5, 0.6) is 5.75 Å². The molecule has 2 N–H and O–H groups in total. The van der Waals surface area contributed by atoms with Gasteiger partial charge in [-0.1, -0.05) is 19.1 Å². The summed E-state index contributed by atoms with van der Waals surface area (Å²) in [4.78, 5) is 2.42. The van der Waals surface area contributed by atoms with Crippen molar-refractivity contribution in [2.24, 2.45) is 5.73 Å². The minimum atomic E-state index is 0.0832. The summed E-state index contributed by atoms with van der Waals surface area (Å²) in [6.45, 7) is 5.35. The van der Waals surface area contributed by atoms with E-state index >= 15 is 0 Å². The fraction of sp³-hybridized carbons (Fsp3) is 0.571. The van der Waals surface area contributed by atoms with E-state index in [-0.39, 0.29) is 5.54 Å². The lowest BCUT2D eigenvalue weighted by atomic mass is 9.88. The Bertz CT molecular complexity index is 355. The summed E-state index contributed by atoms with van der Waals surface area (Å²) >= 11 is 0. The first-order chi connectivity index (χ1) is 8.15. The highest BCUT2D eigenvalue weighted by Crippen LogP contribution is 2.21. The Morgan fingerprint density at radius 1 is 1.29 bits per heavy atom. The first-order valence-electron chi connectivity index (χ1n) is 6.29. The summed E-state index contributed by atoms with van der Waals surface area (Å²) < 4.78 is 5.14. The van der Waals surface area contributed by atoms with Gasteiger partial charge in [-0.3, -0.25) is 4.90 Å². The van der Waals surface area contributed by atoms with Gasteiger partial charge in [0.25, 0.3) is 0 Å². The molecule has 1 heterocycles. The van der Waals surface area contributed by atoms with Crippen LogP contribution < -0.4 is 10.5 Å². The second kappa shape index (κ2) is 5.07. The topological polar surface area (TPSA) is 38.5 Å². The van der Waals surface area contributed by atoms with Crippen molar-refractivity contribution in [1.29, 1.82) is 0 Å². The van der Waals surface area contributed by atoms with Crippen molar-refractivity contribution < 1.29 is 4.74 Å². The van der Waals surface area contributed by atoms with Crippen LogP contribution in [0.3, 0.4) is 0 Å². The highest BCUT2D eigenvalue weighted by molar-refractivity contribution is 5.27. The van der Waals surface area contributed by atoms with Gasteiger partial charge in [0.1, 0.15) is 5.75 Å². The monoisotopic (exact) mass is 234 g/mol. The Labute approximate surface area is 104 Å². The molecule has 1 aromatic rings. The maximum Gasteiger partial charge on any atom is 0.118 e. The second-order valence-corrected chi connectivity index (χ2v) is 5.02. The highest BCUT2D eigenvalue weighted by atomic mass is 16.5. The van der Waals surface area contributed by atoms with Crippen LogP contribution in [0.2, 0.25) is 0 Å². The lowest BCUT2D eigenvalue weighted by Gasteiger charge is -2.47. The standard InChI is InChI=1S/C14H22N2O/c1-3-14(15)10-16(11-14)9-8-12-4-6-13(17-2)7-5-12/h4-7H,3,8-11,15H2,1-2H3. The van der Waals surface area contributed by atoms with Crippen LogP contribution in [0.25, 0.3) is 0 Å². The smallest absolute Gasteiger partial charge is 0.118 e. The van der Waals surface area contributed by atoms with E-state index in [9.17, 15) is 0 Å². The minimum absolute atomic E-state index is 0.0832. The van der Waals surface area contributed by atoms with E-state index in [1.54, 1.807) is 7.11 Å². The number of ether oxygens (including phenoxy) is 1. The molecule has 3 heteroatoms. The molecule has 0 unspecified atom stereocenters. The Hall–Kier alpha value is -1.06. The summed E-state index contributed by atoms with van der Waals surface area (Å²) in [6, 6.07) is 8.30. The molecule has 1 saturated heterocycles. The number of rotatable bonds is 5. The second-order valence-electron chi connectivity index (χ2n) is 5.02. The van der Waals surface area contributed by atoms with Gasteiger partial charge in [0.2, 0.25) is 0 Å². The maximum atomic E-state index is 6.14. The number of nitrogens with two attached hydrogens (primary N) is 1. The lowest BCUT2D eigenvalue weighted by Crippen LogP contribution is -2.67. The van der Waals surface area contributed by atoms with E-state index < -0.39 is 0 Å². The molecule has 0 atom stereocenters. The number of hydrogen-bond donors (Lipinski definition) is 1. The molecular formula is C14H22N2O. The van der Waals surface area contributed by atoms with Crippen LogP contribution in [0.4, 0.5) is 0 Å². The number of likely N-dealkylation sites (tertiary alicyclic amines) is 1. The first kappa shape index (κ1) is 12.4. The molecule has 0 amide bonds. The zero-order valence-electron chi connectivity index (χ0n) is 10.8. The number of nitrogens with zero attached hydrogens (tertiary/aromatic N) is 1. The molecule has 94 valence electrons. The van der Waals surface area contributed by atoms with Gasteiger partial charge < -0.3 is 10.5 Å². The zero-order chi connectivity index (χ0) is 12.3. The Kier molecular flexibility index (Phi) is 3.69. The van der Waals surface area contributed by atoms with E-state index in [1.807, 2.05) is 12.1 Å². The van der Waals surface area contributed by atoms with Crippen LogP contribution in [0, 0.1) is 0 Å². The molecule has 0 saturated carbocycles. The van der Waals surface area contributed by atoms with E-state index in [0.29, 0.717) is 0 Å². The van der Waals surface area contributed by atoms with Crippen molar-refractivity contribution in [3.8, 4) is 5.75 Å². The SMILES string of the molecule is CCC1(N)CN(CCc2ccc(OC)cc2)C1. The van der Waals surface area contributed by atoms with Crippen molar-refractivity contribution in [2.45, 2.75) is 25.3 Å². The van der Waals surface area contributed by atoms with Gasteiger partial charge in [0.15, 0.2) is 0 Å². The third kappa shape index (κ3) is 2.99. The van der Waals surface area contributed by atoms with Crippen molar-refractivity contribution in [2.75, 3.05) is 26.7 Å². The molecule has 1 aliphatic heterocycles. The van der Waals surface area contributed by atoms with Crippen LogP contribution in [-0.2, 0) is 6.42 Å². The number of hydrogen-bond acceptors (Lipinski definition) is 3. The molecule has 1 fully saturated rings. The van der Waals surface area contributed by atoms with Crippen LogP contribution in [0.15, 0.2) is 24.3 Å². The van der Waals surface area contributed by atoms with Gasteiger partial charge in [0, 0.05) is 25.2 Å². The fourth-order valence-electron chi connectivity index (χ4n) is 2.31. The average Bonchev–Trinajstić information content (AvgIpc) is 2.34. The van der Waals surface area contributed by atoms with Gasteiger partial charge in [-0.15, -0.1) is 0 Å². The lowest BCUT2D eigenvalue weighted by molar-refractivity contribution is 0.0693. The molecule has 1 aromatic carbocycles. The number of benzene rings is 1. The molecular weight excluding hydrogens is 212 g/mol. The molecule has 17 heavy (non-hydrogen) atoms. The minimum Gasteiger partial charge on any atom is -0.497 e. The third-order valence-electron chi connectivity index (χ3n) is 3.66. The van der Waals surface area contributed by atoms with Gasteiger partial charge in [0.05, 0.1) is 7.11 Å². The Morgan fingerprint density at radius 3 is 2.47 bits per heavy atom. The molecule has 0 radical (unpaired) electrons. The third-order valence-corrected chi connectivity index (χ3v) is 3.66. The predicted octanol–water partition coefficient (Wildman–Crippen LogP) is 1.66. The highest BCUT2D eigenvalue weighted by Gasteiger charge is 2.36. The molecule has 0 aliphatic carbocycles. The molecule has 0 bridgehead atoms. The fourth-order valence-corrected chi connectivity index (χ4v) is 2.31. The molecule has 0 aromatic heterocycles. The summed E-state index contributed by atoms with van der Waals surface area (Å²) in [7, 11) is 1.70. The van der Waals surface area contributed by atoms with E-state index in [1.165, 1.54) is 5.56 Å². The summed E-state index contributed by atoms with van der Waals surface area (Å²) in [5.41, 5.74) is 7.58. The maximum absolute atomic E-state index is 6.14. The van der Waals surface area contributed by atoms with Gasteiger partial charge in [-0.2, -0.15) is 0 Å². The first-order valence-corrected chi connectivity index (χ1v) is 6.29. The van der Waals surface area contributed by atoms with E-state index in [4.69, 9.17) is 10.5 Å².